The van der Waals surface area contributed by atoms with Gasteiger partial charge in [0.05, 0.1) is 12.0 Å². The molecule has 9 heteroatoms. The van der Waals surface area contributed by atoms with E-state index in [9.17, 15) is 18.0 Å². The third-order valence-electron chi connectivity index (χ3n) is 3.11. The van der Waals surface area contributed by atoms with E-state index in [0.717, 1.165) is 5.56 Å². The van der Waals surface area contributed by atoms with Gasteiger partial charge in [-0.15, -0.1) is 0 Å². The molecule has 2 N–H and O–H groups in total. The van der Waals surface area contributed by atoms with E-state index in [-0.39, 0.29) is 18.3 Å². The van der Waals surface area contributed by atoms with Crippen molar-refractivity contribution in [3.63, 3.8) is 0 Å². The standard InChI is InChI=1S/C13H8BF3N4O/c14-11-8(13(15,16)17)5-18-12(21-11)19-7-1-2-9-6(3-7)4-10(22)20-9/h1-3,5H,4H2,(H,20,22)(H,18,19,21). The van der Waals surface area contributed by atoms with Crippen LogP contribution in [0.15, 0.2) is 24.4 Å². The van der Waals surface area contributed by atoms with Crippen molar-refractivity contribution in [1.29, 1.82) is 0 Å². The Hall–Kier alpha value is -2.58. The van der Waals surface area contributed by atoms with Crippen LogP contribution in [0.1, 0.15) is 11.1 Å². The van der Waals surface area contributed by atoms with Crippen molar-refractivity contribution in [3.8, 4) is 0 Å². The van der Waals surface area contributed by atoms with Gasteiger partial charge in [0.25, 0.3) is 0 Å². The average molecular weight is 304 g/mol. The zero-order chi connectivity index (χ0) is 15.9. The van der Waals surface area contributed by atoms with Gasteiger partial charge in [0.15, 0.2) is 0 Å². The fraction of sp³-hybridized carbons (Fsp3) is 0.154. The molecule has 3 rings (SSSR count). The highest BCUT2D eigenvalue weighted by molar-refractivity contribution is 6.31. The van der Waals surface area contributed by atoms with Crippen LogP contribution >= 0.6 is 0 Å². The number of rotatable bonds is 2. The monoisotopic (exact) mass is 304 g/mol. The molecule has 0 spiro atoms. The molecule has 1 aliphatic heterocycles. The molecule has 0 saturated carbocycles. The molecule has 2 aromatic rings. The molecule has 0 saturated heterocycles. The van der Waals surface area contributed by atoms with Gasteiger partial charge in [0, 0.05) is 23.2 Å². The molecule has 0 fully saturated rings. The molecule has 110 valence electrons. The summed E-state index contributed by atoms with van der Waals surface area (Å²) >= 11 is 0. The van der Waals surface area contributed by atoms with Crippen LogP contribution in [0.3, 0.4) is 0 Å². The highest BCUT2D eigenvalue weighted by Crippen LogP contribution is 2.28. The summed E-state index contributed by atoms with van der Waals surface area (Å²) in [6.07, 6.45) is -3.72. The van der Waals surface area contributed by atoms with E-state index in [0.29, 0.717) is 17.6 Å². The molecular weight excluding hydrogens is 296 g/mol. The van der Waals surface area contributed by atoms with Gasteiger partial charge in [0.2, 0.25) is 11.9 Å². The van der Waals surface area contributed by atoms with Crippen molar-refractivity contribution in [3.05, 3.63) is 35.5 Å². The molecule has 0 bridgehead atoms. The van der Waals surface area contributed by atoms with Crippen molar-refractivity contribution in [2.75, 3.05) is 10.6 Å². The molecule has 22 heavy (non-hydrogen) atoms. The first-order valence-electron chi connectivity index (χ1n) is 6.22. The van der Waals surface area contributed by atoms with Gasteiger partial charge in [-0.3, -0.25) is 4.79 Å². The predicted octanol–water partition coefficient (Wildman–Crippen LogP) is 1.53. The Labute approximate surface area is 124 Å². The van der Waals surface area contributed by atoms with E-state index in [4.69, 9.17) is 7.85 Å². The summed E-state index contributed by atoms with van der Waals surface area (Å²) in [4.78, 5) is 18.5. The van der Waals surface area contributed by atoms with Crippen LogP contribution in [0.4, 0.5) is 30.5 Å². The minimum atomic E-state index is -4.60. The van der Waals surface area contributed by atoms with Crippen molar-refractivity contribution in [2.24, 2.45) is 0 Å². The number of hydrogen-bond acceptors (Lipinski definition) is 4. The van der Waals surface area contributed by atoms with Crippen molar-refractivity contribution in [1.82, 2.24) is 9.97 Å². The van der Waals surface area contributed by atoms with Crippen molar-refractivity contribution >= 4 is 36.7 Å². The molecule has 0 unspecified atom stereocenters. The fourth-order valence-electron chi connectivity index (χ4n) is 2.11. The quantitative estimate of drug-likeness (QED) is 0.826. The topological polar surface area (TPSA) is 66.9 Å². The van der Waals surface area contributed by atoms with E-state index < -0.39 is 17.3 Å². The number of benzene rings is 1. The number of amides is 1. The Kier molecular flexibility index (Phi) is 3.27. The van der Waals surface area contributed by atoms with Crippen LogP contribution in [0.2, 0.25) is 0 Å². The summed E-state index contributed by atoms with van der Waals surface area (Å²) in [5, 5.41) is 5.44. The lowest BCUT2D eigenvalue weighted by Gasteiger charge is -2.11. The maximum absolute atomic E-state index is 12.6. The number of alkyl halides is 3. The van der Waals surface area contributed by atoms with Gasteiger partial charge in [0.1, 0.15) is 7.85 Å². The first kappa shape index (κ1) is 14.4. The van der Waals surface area contributed by atoms with E-state index >= 15 is 0 Å². The average Bonchev–Trinajstić information content (AvgIpc) is 2.76. The van der Waals surface area contributed by atoms with Crippen LogP contribution in [0.5, 0.6) is 0 Å². The zero-order valence-electron chi connectivity index (χ0n) is 11.0. The maximum atomic E-state index is 12.6. The largest absolute Gasteiger partial charge is 0.418 e. The van der Waals surface area contributed by atoms with Crippen molar-refractivity contribution in [2.45, 2.75) is 12.6 Å². The van der Waals surface area contributed by atoms with E-state index in [2.05, 4.69) is 20.6 Å². The molecule has 0 atom stereocenters. The minimum absolute atomic E-state index is 0.0530. The smallest absolute Gasteiger partial charge is 0.326 e. The maximum Gasteiger partial charge on any atom is 0.418 e. The summed E-state index contributed by atoms with van der Waals surface area (Å²) in [6, 6.07) is 5.04. The Bertz CT molecular complexity index is 763. The van der Waals surface area contributed by atoms with Gasteiger partial charge in [-0.2, -0.15) is 13.2 Å². The lowest BCUT2D eigenvalue weighted by Crippen LogP contribution is -2.24. The number of nitrogens with zero attached hydrogens (tertiary/aromatic N) is 2. The molecule has 2 radical (unpaired) electrons. The summed E-state index contributed by atoms with van der Waals surface area (Å²) < 4.78 is 37.7. The van der Waals surface area contributed by atoms with Crippen LogP contribution in [-0.4, -0.2) is 23.7 Å². The Morgan fingerprint density at radius 1 is 1.32 bits per heavy atom. The van der Waals surface area contributed by atoms with Crippen molar-refractivity contribution < 1.29 is 18.0 Å². The molecule has 1 aromatic heterocycles. The normalized spacial score (nSPS) is 13.7. The third-order valence-corrected chi connectivity index (χ3v) is 3.11. The number of fused-ring (bicyclic) bond motifs is 1. The van der Waals surface area contributed by atoms with Gasteiger partial charge in [-0.25, -0.2) is 9.97 Å². The minimum Gasteiger partial charge on any atom is -0.326 e. The Morgan fingerprint density at radius 2 is 2.09 bits per heavy atom. The summed E-state index contributed by atoms with van der Waals surface area (Å²) in [5.41, 5.74) is 0.317. The lowest BCUT2D eigenvalue weighted by molar-refractivity contribution is -0.137. The summed E-state index contributed by atoms with van der Waals surface area (Å²) in [6.45, 7) is 0. The number of hydrogen-bond donors (Lipinski definition) is 2. The second-order valence-corrected chi connectivity index (χ2v) is 4.71. The number of nitrogens with one attached hydrogen (secondary N) is 2. The molecular formula is C13H8BF3N4O. The van der Waals surface area contributed by atoms with E-state index in [1.54, 1.807) is 18.2 Å². The fourth-order valence-corrected chi connectivity index (χ4v) is 2.11. The molecule has 2 heterocycles. The van der Waals surface area contributed by atoms with Gasteiger partial charge >= 0.3 is 6.18 Å². The number of carbonyl (C=O) groups is 1. The third kappa shape index (κ3) is 2.74. The van der Waals surface area contributed by atoms with Crippen LogP contribution in [-0.2, 0) is 17.4 Å². The molecule has 0 aliphatic carbocycles. The summed E-state index contributed by atoms with van der Waals surface area (Å²) in [7, 11) is 5.30. The zero-order valence-corrected chi connectivity index (χ0v) is 11.0. The van der Waals surface area contributed by atoms with Crippen LogP contribution in [0.25, 0.3) is 0 Å². The molecule has 5 nitrogen and oxygen atoms in total. The highest BCUT2D eigenvalue weighted by Gasteiger charge is 2.33. The molecule has 1 aliphatic rings. The van der Waals surface area contributed by atoms with E-state index in [1.165, 1.54) is 0 Å². The first-order chi connectivity index (χ1) is 10.3. The Balaban J connectivity index is 1.84. The number of aromatic nitrogens is 2. The summed E-state index contributed by atoms with van der Waals surface area (Å²) in [5.74, 6) is -0.162. The van der Waals surface area contributed by atoms with Crippen LogP contribution in [0, 0.1) is 0 Å². The molecule has 1 aromatic carbocycles. The van der Waals surface area contributed by atoms with Crippen LogP contribution < -0.4 is 16.2 Å². The molecule has 1 amide bonds. The number of carbonyl (C=O) groups excluding carboxylic acids is 1. The predicted molar refractivity (Wildman–Crippen MR) is 74.5 cm³/mol. The van der Waals surface area contributed by atoms with Gasteiger partial charge in [-0.05, 0) is 23.8 Å². The van der Waals surface area contributed by atoms with E-state index in [1.807, 2.05) is 0 Å². The number of halogens is 3. The number of anilines is 3. The highest BCUT2D eigenvalue weighted by atomic mass is 19.4. The van der Waals surface area contributed by atoms with Gasteiger partial charge < -0.3 is 10.6 Å². The Morgan fingerprint density at radius 3 is 2.77 bits per heavy atom. The van der Waals surface area contributed by atoms with Gasteiger partial charge in [-0.1, -0.05) is 0 Å². The second kappa shape index (κ2) is 5.01. The SMILES string of the molecule is [B]c1nc(Nc2ccc3c(c2)CC(=O)N3)ncc1C(F)(F)F. The lowest BCUT2D eigenvalue weighted by atomic mass is 9.98. The first-order valence-corrected chi connectivity index (χ1v) is 6.22. The second-order valence-electron chi connectivity index (χ2n) is 4.71.